The Balaban J connectivity index is 1.93. The molecule has 1 N–H and O–H groups in total. The number of hydrogen-bond donors (Lipinski definition) is 1. The minimum absolute atomic E-state index is 0.249. The molecule has 0 unspecified atom stereocenters. The molecule has 1 aliphatic heterocycles. The summed E-state index contributed by atoms with van der Waals surface area (Å²) in [5.74, 6) is -0.583. The van der Waals surface area contributed by atoms with Crippen molar-refractivity contribution in [2.45, 2.75) is 0 Å². The molecule has 0 aliphatic carbocycles. The largest absolute Gasteiger partial charge is 0.383 e. The van der Waals surface area contributed by atoms with Crippen LogP contribution in [0.25, 0.3) is 0 Å². The van der Waals surface area contributed by atoms with Crippen molar-refractivity contribution in [3.63, 3.8) is 0 Å². The van der Waals surface area contributed by atoms with Gasteiger partial charge in [0.1, 0.15) is 5.69 Å². The number of hydrogen-bond acceptors (Lipinski definition) is 5. The summed E-state index contributed by atoms with van der Waals surface area (Å²) >= 11 is 0. The maximum atomic E-state index is 11.9. The molecule has 0 spiro atoms. The summed E-state index contributed by atoms with van der Waals surface area (Å²) in [6.45, 7) is 2.19. The summed E-state index contributed by atoms with van der Waals surface area (Å²) in [4.78, 5) is 29.0. The third kappa shape index (κ3) is 2.39. The summed E-state index contributed by atoms with van der Waals surface area (Å²) in [6.07, 6.45) is 1.52. The fourth-order valence-corrected chi connectivity index (χ4v) is 1.81. The number of rotatable bonds is 6. The van der Waals surface area contributed by atoms with E-state index in [9.17, 15) is 9.59 Å². The van der Waals surface area contributed by atoms with Gasteiger partial charge in [-0.2, -0.15) is 0 Å². The van der Waals surface area contributed by atoms with Crippen LogP contribution >= 0.6 is 0 Å². The quantitative estimate of drug-likeness (QED) is 0.563. The Kier molecular flexibility index (Phi) is 4.01. The average Bonchev–Trinajstić information content (AvgIpc) is 2.64. The molecule has 6 heteroatoms. The fourth-order valence-electron chi connectivity index (χ4n) is 1.81. The van der Waals surface area contributed by atoms with Crippen LogP contribution in [0.2, 0.25) is 0 Å². The van der Waals surface area contributed by atoms with E-state index >= 15 is 0 Å². The molecule has 0 atom stereocenters. The second-order valence-corrected chi connectivity index (χ2v) is 3.90. The Morgan fingerprint density at radius 1 is 1.33 bits per heavy atom. The molecule has 6 nitrogen and oxygen atoms in total. The minimum Gasteiger partial charge on any atom is -0.383 e. The number of fused-ring (bicyclic) bond motifs is 1. The molecular weight excluding hydrogens is 234 g/mol. The van der Waals surface area contributed by atoms with Gasteiger partial charge < -0.3 is 10.1 Å². The number of nitrogens with zero attached hydrogens (tertiary/aromatic N) is 2. The van der Waals surface area contributed by atoms with Gasteiger partial charge in [0.25, 0.3) is 11.8 Å². The third-order valence-electron chi connectivity index (χ3n) is 2.73. The molecule has 2 rings (SSSR count). The lowest BCUT2D eigenvalue weighted by Gasteiger charge is -2.13. The van der Waals surface area contributed by atoms with E-state index in [0.29, 0.717) is 31.8 Å². The molecular formula is C12H15N3O3. The van der Waals surface area contributed by atoms with Gasteiger partial charge in [0.15, 0.2) is 0 Å². The molecule has 2 amide bonds. The molecule has 0 radical (unpaired) electrons. The van der Waals surface area contributed by atoms with E-state index in [2.05, 4.69) is 10.3 Å². The van der Waals surface area contributed by atoms with E-state index in [1.807, 2.05) is 0 Å². The van der Waals surface area contributed by atoms with Gasteiger partial charge in [0, 0.05) is 32.9 Å². The SMILES string of the molecule is COCCNCCN1C(=O)c2cccnc2C1=O. The summed E-state index contributed by atoms with van der Waals surface area (Å²) in [5, 5.41) is 3.09. The van der Waals surface area contributed by atoms with Crippen molar-refractivity contribution in [3.8, 4) is 0 Å². The van der Waals surface area contributed by atoms with Crippen LogP contribution in [0.5, 0.6) is 0 Å². The van der Waals surface area contributed by atoms with E-state index in [4.69, 9.17) is 4.74 Å². The molecule has 1 aromatic rings. The van der Waals surface area contributed by atoms with E-state index in [1.165, 1.54) is 11.1 Å². The van der Waals surface area contributed by atoms with Crippen molar-refractivity contribution >= 4 is 11.8 Å². The van der Waals surface area contributed by atoms with Gasteiger partial charge in [-0.3, -0.25) is 19.5 Å². The number of aromatic nitrogens is 1. The van der Waals surface area contributed by atoms with Crippen LogP contribution in [0.4, 0.5) is 0 Å². The van der Waals surface area contributed by atoms with Crippen LogP contribution in [0, 0.1) is 0 Å². The van der Waals surface area contributed by atoms with Gasteiger partial charge in [-0.25, -0.2) is 0 Å². The lowest BCUT2D eigenvalue weighted by atomic mass is 10.2. The van der Waals surface area contributed by atoms with Crippen LogP contribution in [0.3, 0.4) is 0 Å². The van der Waals surface area contributed by atoms with Crippen LogP contribution in [0.15, 0.2) is 18.3 Å². The predicted molar refractivity (Wildman–Crippen MR) is 64.3 cm³/mol. The lowest BCUT2D eigenvalue weighted by Crippen LogP contribution is -2.37. The van der Waals surface area contributed by atoms with Crippen LogP contribution in [-0.4, -0.2) is 55.0 Å². The monoisotopic (exact) mass is 249 g/mol. The molecule has 2 heterocycles. The smallest absolute Gasteiger partial charge is 0.280 e. The van der Waals surface area contributed by atoms with Gasteiger partial charge in [-0.15, -0.1) is 0 Å². The Morgan fingerprint density at radius 3 is 2.89 bits per heavy atom. The number of imide groups is 1. The highest BCUT2D eigenvalue weighted by atomic mass is 16.5. The number of carbonyl (C=O) groups excluding carboxylic acids is 2. The first kappa shape index (κ1) is 12.7. The molecule has 1 aromatic heterocycles. The highest BCUT2D eigenvalue weighted by Gasteiger charge is 2.35. The maximum Gasteiger partial charge on any atom is 0.280 e. The summed E-state index contributed by atoms with van der Waals surface area (Å²) < 4.78 is 4.89. The first-order valence-electron chi connectivity index (χ1n) is 5.76. The van der Waals surface area contributed by atoms with Crippen molar-refractivity contribution in [2.24, 2.45) is 0 Å². The highest BCUT2D eigenvalue weighted by Crippen LogP contribution is 2.19. The molecule has 1 aliphatic rings. The van der Waals surface area contributed by atoms with E-state index < -0.39 is 0 Å². The normalized spacial score (nSPS) is 14.2. The zero-order chi connectivity index (χ0) is 13.0. The van der Waals surface area contributed by atoms with Gasteiger partial charge >= 0.3 is 0 Å². The van der Waals surface area contributed by atoms with Crippen molar-refractivity contribution in [3.05, 3.63) is 29.6 Å². The molecule has 96 valence electrons. The zero-order valence-corrected chi connectivity index (χ0v) is 10.2. The van der Waals surface area contributed by atoms with Crippen molar-refractivity contribution in [1.82, 2.24) is 15.2 Å². The summed E-state index contributed by atoms with van der Waals surface area (Å²) in [5.41, 5.74) is 0.638. The maximum absolute atomic E-state index is 11.9. The van der Waals surface area contributed by atoms with Crippen molar-refractivity contribution in [1.29, 1.82) is 0 Å². The van der Waals surface area contributed by atoms with Gasteiger partial charge in [0.05, 0.1) is 12.2 Å². The molecule has 0 fully saturated rings. The molecule has 0 aromatic carbocycles. The number of methoxy groups -OCH3 is 1. The van der Waals surface area contributed by atoms with Crippen molar-refractivity contribution in [2.75, 3.05) is 33.4 Å². The number of amides is 2. The Bertz CT molecular complexity index is 427. The molecule has 0 bridgehead atoms. The van der Waals surface area contributed by atoms with Gasteiger partial charge in [0.2, 0.25) is 0 Å². The fraction of sp³-hybridized carbons (Fsp3) is 0.417. The number of nitrogens with one attached hydrogen (secondary N) is 1. The highest BCUT2D eigenvalue weighted by molar-refractivity contribution is 6.20. The second kappa shape index (κ2) is 5.70. The standard InChI is InChI=1S/C12H15N3O3/c1-18-8-6-13-5-7-15-11(16)9-3-2-4-14-10(9)12(15)17/h2-4,13H,5-8H2,1H3. The number of pyridine rings is 1. The van der Waals surface area contributed by atoms with Gasteiger partial charge in [-0.05, 0) is 12.1 Å². The second-order valence-electron chi connectivity index (χ2n) is 3.90. The molecule has 18 heavy (non-hydrogen) atoms. The topological polar surface area (TPSA) is 71.5 Å². The van der Waals surface area contributed by atoms with Crippen LogP contribution in [-0.2, 0) is 4.74 Å². The van der Waals surface area contributed by atoms with E-state index in [1.54, 1.807) is 19.2 Å². The van der Waals surface area contributed by atoms with Crippen molar-refractivity contribution < 1.29 is 14.3 Å². The minimum atomic E-state index is -0.316. The van der Waals surface area contributed by atoms with Crippen LogP contribution < -0.4 is 5.32 Å². The molecule has 0 saturated heterocycles. The first-order chi connectivity index (χ1) is 8.75. The lowest BCUT2D eigenvalue weighted by molar-refractivity contribution is 0.0653. The van der Waals surface area contributed by atoms with E-state index in [0.717, 1.165) is 0 Å². The number of carbonyl (C=O) groups is 2. The Morgan fingerprint density at radius 2 is 2.17 bits per heavy atom. The predicted octanol–water partition coefficient (Wildman–Crippen LogP) is -0.0864. The molecule has 0 saturated carbocycles. The Labute approximate surface area is 105 Å². The summed E-state index contributed by atoms with van der Waals surface area (Å²) in [7, 11) is 1.62. The zero-order valence-electron chi connectivity index (χ0n) is 10.2. The van der Waals surface area contributed by atoms with Crippen LogP contribution in [0.1, 0.15) is 20.8 Å². The van der Waals surface area contributed by atoms with E-state index in [-0.39, 0.29) is 17.5 Å². The number of ether oxygens (including phenoxy) is 1. The first-order valence-corrected chi connectivity index (χ1v) is 5.76. The Hall–Kier alpha value is -1.79. The average molecular weight is 249 g/mol. The van der Waals surface area contributed by atoms with Gasteiger partial charge in [-0.1, -0.05) is 0 Å². The summed E-state index contributed by atoms with van der Waals surface area (Å²) in [6, 6.07) is 3.28. The third-order valence-corrected chi connectivity index (χ3v) is 2.73.